The van der Waals surface area contributed by atoms with Gasteiger partial charge in [-0.2, -0.15) is 17.0 Å². The second-order valence-corrected chi connectivity index (χ2v) is 7.35. The maximum Gasteiger partial charge on any atom is 0.281 e. The van der Waals surface area contributed by atoms with Crippen LogP contribution >= 0.6 is 12.4 Å². The van der Waals surface area contributed by atoms with Gasteiger partial charge in [-0.25, -0.2) is 0 Å². The highest BCUT2D eigenvalue weighted by molar-refractivity contribution is 7.86. The lowest BCUT2D eigenvalue weighted by atomic mass is 9.98. The van der Waals surface area contributed by atoms with Gasteiger partial charge in [0, 0.05) is 32.7 Å². The number of hydrogen-bond donors (Lipinski definition) is 1. The highest BCUT2D eigenvalue weighted by atomic mass is 35.5. The highest BCUT2D eigenvalue weighted by Gasteiger charge is 2.45. The quantitative estimate of drug-likeness (QED) is 0.829. The van der Waals surface area contributed by atoms with Crippen molar-refractivity contribution in [2.45, 2.75) is 32.2 Å². The standard InChI is InChI=1S/C11H23N3O2S.ClH/c1-3-6-13(2)17(15,16)14-7-9-4-5-11(12)10(9)8-14;/h9-11H,3-8,12H2,1-2H3;1H. The molecule has 3 atom stereocenters. The van der Waals surface area contributed by atoms with Gasteiger partial charge in [0.2, 0.25) is 0 Å². The van der Waals surface area contributed by atoms with Crippen molar-refractivity contribution >= 4 is 22.6 Å². The maximum absolute atomic E-state index is 12.3. The van der Waals surface area contributed by atoms with Crippen LogP contribution in [0.5, 0.6) is 0 Å². The molecule has 0 aromatic rings. The average molecular weight is 298 g/mol. The van der Waals surface area contributed by atoms with Crippen molar-refractivity contribution in [3.8, 4) is 0 Å². The minimum absolute atomic E-state index is 0. The first-order chi connectivity index (χ1) is 7.96. The molecule has 3 unspecified atom stereocenters. The molecule has 2 aliphatic rings. The zero-order valence-corrected chi connectivity index (χ0v) is 12.7. The van der Waals surface area contributed by atoms with Gasteiger partial charge in [-0.15, -0.1) is 12.4 Å². The molecule has 2 N–H and O–H groups in total. The predicted molar refractivity (Wildman–Crippen MR) is 74.9 cm³/mol. The van der Waals surface area contributed by atoms with Crippen LogP contribution in [0.1, 0.15) is 26.2 Å². The lowest BCUT2D eigenvalue weighted by molar-refractivity contribution is 0.374. The first-order valence-electron chi connectivity index (χ1n) is 6.43. The van der Waals surface area contributed by atoms with E-state index in [0.29, 0.717) is 31.5 Å². The Morgan fingerprint density at radius 3 is 2.56 bits per heavy atom. The predicted octanol–water partition coefficient (Wildman–Crippen LogP) is 0.664. The first kappa shape index (κ1) is 16.2. The Kier molecular flexibility index (Phi) is 5.44. The Balaban J connectivity index is 0.00000162. The van der Waals surface area contributed by atoms with Crippen molar-refractivity contribution in [3.05, 3.63) is 0 Å². The van der Waals surface area contributed by atoms with E-state index >= 15 is 0 Å². The van der Waals surface area contributed by atoms with Crippen LogP contribution in [-0.4, -0.2) is 49.8 Å². The van der Waals surface area contributed by atoms with Crippen molar-refractivity contribution < 1.29 is 8.42 Å². The summed E-state index contributed by atoms with van der Waals surface area (Å²) in [7, 11) is -1.60. The molecule has 1 heterocycles. The van der Waals surface area contributed by atoms with E-state index in [0.717, 1.165) is 19.3 Å². The SMILES string of the molecule is CCCN(C)S(=O)(=O)N1CC2CCC(N)C2C1.Cl. The molecule has 1 saturated carbocycles. The van der Waals surface area contributed by atoms with Crippen LogP contribution in [0.15, 0.2) is 0 Å². The van der Waals surface area contributed by atoms with Gasteiger partial charge in [0.15, 0.2) is 0 Å². The van der Waals surface area contributed by atoms with Crippen LogP contribution < -0.4 is 5.73 Å². The monoisotopic (exact) mass is 297 g/mol. The van der Waals surface area contributed by atoms with Crippen LogP contribution in [-0.2, 0) is 10.2 Å². The molecule has 5 nitrogen and oxygen atoms in total. The Morgan fingerprint density at radius 1 is 1.33 bits per heavy atom. The van der Waals surface area contributed by atoms with Gasteiger partial charge in [-0.05, 0) is 31.1 Å². The zero-order valence-electron chi connectivity index (χ0n) is 11.1. The molecule has 2 rings (SSSR count). The highest BCUT2D eigenvalue weighted by Crippen LogP contribution is 2.38. The van der Waals surface area contributed by atoms with Crippen molar-refractivity contribution in [3.63, 3.8) is 0 Å². The van der Waals surface area contributed by atoms with Crippen LogP contribution in [0.3, 0.4) is 0 Å². The number of halogens is 1. The topological polar surface area (TPSA) is 66.6 Å². The Labute approximate surface area is 116 Å². The van der Waals surface area contributed by atoms with Gasteiger partial charge in [0.1, 0.15) is 0 Å². The Bertz CT molecular complexity index is 376. The van der Waals surface area contributed by atoms with E-state index in [9.17, 15) is 8.42 Å². The molecule has 0 aromatic heterocycles. The summed E-state index contributed by atoms with van der Waals surface area (Å²) in [5, 5.41) is 0. The van der Waals surface area contributed by atoms with Gasteiger partial charge >= 0.3 is 0 Å². The van der Waals surface area contributed by atoms with E-state index in [2.05, 4.69) is 0 Å². The molecule has 18 heavy (non-hydrogen) atoms. The van der Waals surface area contributed by atoms with Crippen molar-refractivity contribution in [1.29, 1.82) is 0 Å². The van der Waals surface area contributed by atoms with Gasteiger partial charge in [-0.3, -0.25) is 0 Å². The Morgan fingerprint density at radius 2 is 2.00 bits per heavy atom. The van der Waals surface area contributed by atoms with Gasteiger partial charge in [0.25, 0.3) is 10.2 Å². The zero-order chi connectivity index (χ0) is 12.6. The molecular formula is C11H24ClN3O2S. The molecule has 2 fully saturated rings. The van der Waals surface area contributed by atoms with Crippen LogP contribution in [0, 0.1) is 11.8 Å². The lowest BCUT2D eigenvalue weighted by Gasteiger charge is -2.24. The van der Waals surface area contributed by atoms with E-state index in [1.165, 1.54) is 4.31 Å². The molecule has 0 spiro atoms. The first-order valence-corrected chi connectivity index (χ1v) is 7.83. The fraction of sp³-hybridized carbons (Fsp3) is 1.00. The van der Waals surface area contributed by atoms with Gasteiger partial charge < -0.3 is 5.73 Å². The summed E-state index contributed by atoms with van der Waals surface area (Å²) >= 11 is 0. The molecule has 0 amide bonds. The van der Waals surface area contributed by atoms with Gasteiger partial charge in [-0.1, -0.05) is 6.92 Å². The molecule has 0 bridgehead atoms. The third-order valence-electron chi connectivity index (χ3n) is 4.14. The normalized spacial score (nSPS) is 32.6. The summed E-state index contributed by atoms with van der Waals surface area (Å²) in [6.07, 6.45) is 2.97. The molecule has 1 aliphatic heterocycles. The number of hydrogen-bond acceptors (Lipinski definition) is 3. The lowest BCUT2D eigenvalue weighted by Crippen LogP contribution is -2.42. The van der Waals surface area contributed by atoms with Crippen molar-refractivity contribution in [2.24, 2.45) is 17.6 Å². The average Bonchev–Trinajstić information content (AvgIpc) is 2.82. The van der Waals surface area contributed by atoms with E-state index < -0.39 is 10.2 Å². The van der Waals surface area contributed by atoms with E-state index in [-0.39, 0.29) is 18.4 Å². The van der Waals surface area contributed by atoms with E-state index in [1.54, 1.807) is 11.4 Å². The Hall–Kier alpha value is 0.120. The summed E-state index contributed by atoms with van der Waals surface area (Å²) in [6, 6.07) is 0.191. The second kappa shape index (κ2) is 6.05. The number of nitrogens with two attached hydrogens (primary N) is 1. The van der Waals surface area contributed by atoms with E-state index in [4.69, 9.17) is 5.73 Å². The summed E-state index contributed by atoms with van der Waals surface area (Å²) in [5.41, 5.74) is 6.03. The smallest absolute Gasteiger partial charge is 0.281 e. The third-order valence-corrected chi connectivity index (χ3v) is 6.06. The van der Waals surface area contributed by atoms with Crippen molar-refractivity contribution in [2.75, 3.05) is 26.7 Å². The number of rotatable bonds is 4. The maximum atomic E-state index is 12.3. The summed E-state index contributed by atoms with van der Waals surface area (Å²) in [6.45, 7) is 3.85. The fourth-order valence-corrected chi connectivity index (χ4v) is 4.63. The molecule has 108 valence electrons. The minimum Gasteiger partial charge on any atom is -0.327 e. The molecule has 1 aliphatic carbocycles. The van der Waals surface area contributed by atoms with Gasteiger partial charge in [0.05, 0.1) is 0 Å². The van der Waals surface area contributed by atoms with Crippen LogP contribution in [0.25, 0.3) is 0 Å². The van der Waals surface area contributed by atoms with Crippen LogP contribution in [0.2, 0.25) is 0 Å². The summed E-state index contributed by atoms with van der Waals surface area (Å²) in [4.78, 5) is 0. The molecular weight excluding hydrogens is 274 g/mol. The second-order valence-electron chi connectivity index (χ2n) is 5.31. The molecule has 7 heteroatoms. The van der Waals surface area contributed by atoms with Crippen LogP contribution in [0.4, 0.5) is 0 Å². The largest absolute Gasteiger partial charge is 0.327 e. The summed E-state index contributed by atoms with van der Waals surface area (Å²) in [5.74, 6) is 0.856. The minimum atomic E-state index is -3.26. The molecule has 0 radical (unpaired) electrons. The van der Waals surface area contributed by atoms with E-state index in [1.807, 2.05) is 6.92 Å². The third kappa shape index (κ3) is 2.82. The molecule has 0 aromatic carbocycles. The van der Waals surface area contributed by atoms with Crippen molar-refractivity contribution in [1.82, 2.24) is 8.61 Å². The molecule has 1 saturated heterocycles. The number of nitrogens with zero attached hydrogens (tertiary/aromatic N) is 2. The number of fused-ring (bicyclic) bond motifs is 1. The summed E-state index contributed by atoms with van der Waals surface area (Å²) < 4.78 is 27.6. The fourth-order valence-electron chi connectivity index (χ4n) is 3.08.